The van der Waals surface area contributed by atoms with Crippen LogP contribution in [0.2, 0.25) is 5.02 Å². The summed E-state index contributed by atoms with van der Waals surface area (Å²) in [5, 5.41) is 5.35. The van der Waals surface area contributed by atoms with E-state index in [0.29, 0.717) is 22.0 Å². The zero-order valence-electron chi connectivity index (χ0n) is 18.6. The van der Waals surface area contributed by atoms with Crippen molar-refractivity contribution in [3.63, 3.8) is 0 Å². The predicted octanol–water partition coefficient (Wildman–Crippen LogP) is 4.33. The number of halogens is 1. The largest absolute Gasteiger partial charge is 0.484 e. The molecule has 0 atom stereocenters. The van der Waals surface area contributed by atoms with Gasteiger partial charge < -0.3 is 10.1 Å². The number of barbiturate groups is 1. The van der Waals surface area contributed by atoms with Crippen molar-refractivity contribution >= 4 is 52.8 Å². The van der Waals surface area contributed by atoms with Crippen LogP contribution in [0.15, 0.2) is 78.4 Å². The van der Waals surface area contributed by atoms with Crippen LogP contribution >= 0.6 is 11.6 Å². The molecule has 0 aliphatic carbocycles. The topological polar surface area (TPSA) is 105 Å². The molecule has 1 aliphatic heterocycles. The van der Waals surface area contributed by atoms with Crippen molar-refractivity contribution < 1.29 is 23.9 Å². The molecular weight excluding hydrogens is 470 g/mol. The number of hydrogen-bond acceptors (Lipinski definition) is 5. The van der Waals surface area contributed by atoms with E-state index in [1.165, 1.54) is 30.3 Å². The Kier molecular flexibility index (Phi) is 6.93. The number of benzene rings is 3. The van der Waals surface area contributed by atoms with E-state index < -0.39 is 17.8 Å². The van der Waals surface area contributed by atoms with Gasteiger partial charge in [-0.25, -0.2) is 9.69 Å². The summed E-state index contributed by atoms with van der Waals surface area (Å²) in [6.45, 7) is 1.72. The Morgan fingerprint density at radius 1 is 1.03 bits per heavy atom. The number of rotatable bonds is 6. The number of anilines is 2. The lowest BCUT2D eigenvalue weighted by molar-refractivity contribution is -0.122. The number of hydrogen-bond donors (Lipinski definition) is 2. The molecular formula is C26H20ClN3O5. The molecule has 5 amide bonds. The van der Waals surface area contributed by atoms with Crippen molar-refractivity contribution in [3.8, 4) is 5.75 Å². The fourth-order valence-electron chi connectivity index (χ4n) is 3.33. The average molecular weight is 490 g/mol. The quantitative estimate of drug-likeness (QED) is 0.396. The van der Waals surface area contributed by atoms with Crippen LogP contribution in [0, 0.1) is 6.92 Å². The van der Waals surface area contributed by atoms with Crippen LogP contribution in [0.25, 0.3) is 6.08 Å². The number of carbonyl (C=O) groups excluding carboxylic acids is 4. The lowest BCUT2D eigenvalue weighted by Gasteiger charge is -2.26. The fourth-order valence-corrected chi connectivity index (χ4v) is 3.45. The van der Waals surface area contributed by atoms with Crippen LogP contribution in [-0.2, 0) is 14.4 Å². The van der Waals surface area contributed by atoms with E-state index in [-0.39, 0.29) is 23.8 Å². The Hall–Kier alpha value is -4.43. The number of imide groups is 2. The van der Waals surface area contributed by atoms with Gasteiger partial charge in [-0.05, 0) is 67.1 Å². The molecule has 4 rings (SSSR count). The van der Waals surface area contributed by atoms with Crippen LogP contribution in [-0.4, -0.2) is 30.4 Å². The molecule has 0 radical (unpaired) electrons. The molecule has 0 unspecified atom stereocenters. The molecule has 1 heterocycles. The third kappa shape index (κ3) is 5.74. The van der Waals surface area contributed by atoms with Crippen molar-refractivity contribution in [2.45, 2.75) is 6.92 Å². The van der Waals surface area contributed by atoms with Crippen LogP contribution in [0.1, 0.15) is 11.1 Å². The first-order valence-corrected chi connectivity index (χ1v) is 10.9. The Bertz CT molecular complexity index is 1330. The van der Waals surface area contributed by atoms with Crippen LogP contribution in [0.5, 0.6) is 5.75 Å². The fraction of sp³-hybridized carbons (Fsp3) is 0.0769. The van der Waals surface area contributed by atoms with Crippen LogP contribution < -0.4 is 20.3 Å². The van der Waals surface area contributed by atoms with Gasteiger partial charge >= 0.3 is 6.03 Å². The average Bonchev–Trinajstić information content (AvgIpc) is 2.83. The maximum absolute atomic E-state index is 13.0. The van der Waals surface area contributed by atoms with Gasteiger partial charge in [-0.2, -0.15) is 0 Å². The number of nitrogens with one attached hydrogen (secondary N) is 2. The maximum Gasteiger partial charge on any atom is 0.335 e. The summed E-state index contributed by atoms with van der Waals surface area (Å²) in [7, 11) is 0. The number of amides is 5. The van der Waals surface area contributed by atoms with Gasteiger partial charge in [0.05, 0.1) is 5.69 Å². The SMILES string of the molecule is Cc1ccc(NC(=O)COc2cccc(/C=C3/C(=O)NC(=O)N(c4ccc(Cl)cc4)C3=O)c2)cc1. The third-order valence-corrected chi connectivity index (χ3v) is 5.31. The smallest absolute Gasteiger partial charge is 0.335 e. The molecule has 8 nitrogen and oxygen atoms in total. The van der Waals surface area contributed by atoms with Crippen molar-refractivity contribution in [3.05, 3.63) is 94.5 Å². The van der Waals surface area contributed by atoms with E-state index >= 15 is 0 Å². The minimum absolute atomic E-state index is 0.228. The monoisotopic (exact) mass is 489 g/mol. The molecule has 3 aromatic carbocycles. The Morgan fingerprint density at radius 2 is 1.74 bits per heavy atom. The van der Waals surface area contributed by atoms with Crippen molar-refractivity contribution in [2.24, 2.45) is 0 Å². The zero-order chi connectivity index (χ0) is 24.9. The number of urea groups is 1. The molecule has 0 aromatic heterocycles. The highest BCUT2D eigenvalue weighted by atomic mass is 35.5. The third-order valence-electron chi connectivity index (χ3n) is 5.06. The molecule has 3 aromatic rings. The molecule has 1 aliphatic rings. The zero-order valence-corrected chi connectivity index (χ0v) is 19.3. The minimum Gasteiger partial charge on any atom is -0.484 e. The molecule has 1 fully saturated rings. The van der Waals surface area contributed by atoms with E-state index in [9.17, 15) is 19.2 Å². The first-order valence-electron chi connectivity index (χ1n) is 10.6. The van der Waals surface area contributed by atoms with Gasteiger partial charge in [-0.1, -0.05) is 41.4 Å². The highest BCUT2D eigenvalue weighted by molar-refractivity contribution is 6.39. The Balaban J connectivity index is 1.47. The highest BCUT2D eigenvalue weighted by Gasteiger charge is 2.36. The highest BCUT2D eigenvalue weighted by Crippen LogP contribution is 2.24. The van der Waals surface area contributed by atoms with E-state index in [0.717, 1.165) is 10.5 Å². The number of nitrogens with zero attached hydrogens (tertiary/aromatic N) is 1. The molecule has 2 N–H and O–H groups in total. The van der Waals surface area contributed by atoms with Crippen molar-refractivity contribution in [1.82, 2.24) is 5.32 Å². The molecule has 0 spiro atoms. The summed E-state index contributed by atoms with van der Waals surface area (Å²) in [4.78, 5) is 50.7. The summed E-state index contributed by atoms with van der Waals surface area (Å²) < 4.78 is 5.56. The van der Waals surface area contributed by atoms with Crippen LogP contribution in [0.3, 0.4) is 0 Å². The van der Waals surface area contributed by atoms with Gasteiger partial charge in [0.15, 0.2) is 6.61 Å². The summed E-state index contributed by atoms with van der Waals surface area (Å²) in [5.41, 5.74) is 2.26. The number of ether oxygens (including phenoxy) is 1. The van der Waals surface area contributed by atoms with Gasteiger partial charge in [-0.3, -0.25) is 19.7 Å². The summed E-state index contributed by atoms with van der Waals surface area (Å²) in [5.74, 6) is -1.55. The first kappa shape index (κ1) is 23.7. The normalized spacial score (nSPS) is 14.6. The number of carbonyl (C=O) groups is 4. The van der Waals surface area contributed by atoms with E-state index in [4.69, 9.17) is 16.3 Å². The van der Waals surface area contributed by atoms with E-state index in [1.54, 1.807) is 36.4 Å². The second-order valence-corrected chi connectivity index (χ2v) is 8.15. The predicted molar refractivity (Wildman–Crippen MR) is 132 cm³/mol. The van der Waals surface area contributed by atoms with Gasteiger partial charge in [0.1, 0.15) is 11.3 Å². The van der Waals surface area contributed by atoms with E-state index in [1.807, 2.05) is 19.1 Å². The van der Waals surface area contributed by atoms with Gasteiger partial charge in [-0.15, -0.1) is 0 Å². The molecule has 35 heavy (non-hydrogen) atoms. The Morgan fingerprint density at radius 3 is 2.46 bits per heavy atom. The molecule has 176 valence electrons. The molecule has 0 bridgehead atoms. The summed E-state index contributed by atoms with van der Waals surface area (Å²) in [6.07, 6.45) is 1.35. The van der Waals surface area contributed by atoms with Gasteiger partial charge in [0.2, 0.25) is 0 Å². The summed E-state index contributed by atoms with van der Waals surface area (Å²) in [6, 6.07) is 19.1. The second-order valence-electron chi connectivity index (χ2n) is 7.71. The van der Waals surface area contributed by atoms with E-state index in [2.05, 4.69) is 10.6 Å². The van der Waals surface area contributed by atoms with Crippen LogP contribution in [0.4, 0.5) is 16.2 Å². The lowest BCUT2D eigenvalue weighted by Crippen LogP contribution is -2.54. The number of aryl methyl sites for hydroxylation is 1. The standard InChI is InChI=1S/C26H20ClN3O5/c1-16-5-9-19(10-6-16)28-23(31)15-35-21-4-2-3-17(13-21)14-22-24(32)29-26(34)30(25(22)33)20-11-7-18(27)8-12-20/h2-14H,15H2,1H3,(H,28,31)(H,29,32,34)/b22-14-. The molecule has 9 heteroatoms. The van der Waals surface area contributed by atoms with Crippen molar-refractivity contribution in [1.29, 1.82) is 0 Å². The van der Waals surface area contributed by atoms with Gasteiger partial charge in [0, 0.05) is 10.7 Å². The first-order chi connectivity index (χ1) is 16.8. The maximum atomic E-state index is 13.0. The van der Waals surface area contributed by atoms with Gasteiger partial charge in [0.25, 0.3) is 17.7 Å². The minimum atomic E-state index is -0.851. The second kappa shape index (κ2) is 10.2. The summed E-state index contributed by atoms with van der Waals surface area (Å²) >= 11 is 5.88. The Labute approximate surface area is 206 Å². The molecule has 1 saturated heterocycles. The molecule has 0 saturated carbocycles. The lowest BCUT2D eigenvalue weighted by atomic mass is 10.1. The van der Waals surface area contributed by atoms with Crippen molar-refractivity contribution in [2.75, 3.05) is 16.8 Å².